The van der Waals surface area contributed by atoms with Gasteiger partial charge in [0.15, 0.2) is 0 Å². The van der Waals surface area contributed by atoms with E-state index in [9.17, 15) is 4.39 Å². The van der Waals surface area contributed by atoms with Gasteiger partial charge in [-0.15, -0.1) is 11.8 Å². The van der Waals surface area contributed by atoms with Crippen molar-refractivity contribution in [3.8, 4) is 5.75 Å². The van der Waals surface area contributed by atoms with Gasteiger partial charge in [-0.1, -0.05) is 30.3 Å². The molecule has 0 fully saturated rings. The minimum atomic E-state index is -0.112. The van der Waals surface area contributed by atoms with Gasteiger partial charge in [0.1, 0.15) is 17.7 Å². The Morgan fingerprint density at radius 3 is 2.82 bits per heavy atom. The van der Waals surface area contributed by atoms with Crippen molar-refractivity contribution in [2.75, 3.05) is 19.3 Å². The lowest BCUT2D eigenvalue weighted by Gasteiger charge is -2.21. The van der Waals surface area contributed by atoms with Crippen LogP contribution < -0.4 is 10.1 Å². The van der Waals surface area contributed by atoms with E-state index < -0.39 is 0 Å². The normalized spacial score (nSPS) is 14.6. The molecule has 0 bridgehead atoms. The molecule has 0 spiro atoms. The van der Waals surface area contributed by atoms with Crippen molar-refractivity contribution in [3.63, 3.8) is 0 Å². The number of hydrogen-bond donors (Lipinski definition) is 1. The van der Waals surface area contributed by atoms with Crippen LogP contribution in [0.3, 0.4) is 0 Å². The van der Waals surface area contributed by atoms with E-state index in [1.807, 2.05) is 25.2 Å². The first-order valence-corrected chi connectivity index (χ1v) is 8.58. The molecule has 3 rings (SSSR count). The van der Waals surface area contributed by atoms with E-state index in [4.69, 9.17) is 4.74 Å². The van der Waals surface area contributed by atoms with Crippen LogP contribution >= 0.6 is 11.8 Å². The van der Waals surface area contributed by atoms with Crippen LogP contribution in [0.25, 0.3) is 0 Å². The predicted molar refractivity (Wildman–Crippen MR) is 89.2 cm³/mol. The lowest BCUT2D eigenvalue weighted by Crippen LogP contribution is -2.16. The van der Waals surface area contributed by atoms with E-state index in [1.54, 1.807) is 17.8 Å². The standard InChI is InChI=1S/C18H20FNOS/c1-20-11-9-16(13-5-3-2-4-6-13)21-17-8-7-15(19)14-10-12-22-18(14)17/h2-8,16,20H,9-12H2,1H3/t16-/m0/s1. The molecule has 0 unspecified atom stereocenters. The molecule has 1 atom stereocenters. The third-order valence-corrected chi connectivity index (χ3v) is 5.01. The third kappa shape index (κ3) is 3.28. The first-order chi connectivity index (χ1) is 10.8. The molecule has 0 amide bonds. The van der Waals surface area contributed by atoms with Crippen molar-refractivity contribution in [2.45, 2.75) is 23.8 Å². The zero-order chi connectivity index (χ0) is 15.4. The van der Waals surface area contributed by atoms with Gasteiger partial charge in [-0.05, 0) is 37.7 Å². The lowest BCUT2D eigenvalue weighted by atomic mass is 10.1. The van der Waals surface area contributed by atoms with Crippen molar-refractivity contribution in [2.24, 2.45) is 0 Å². The molecule has 1 heterocycles. The molecule has 0 aromatic heterocycles. The lowest BCUT2D eigenvalue weighted by molar-refractivity contribution is 0.189. The Morgan fingerprint density at radius 1 is 1.23 bits per heavy atom. The fourth-order valence-electron chi connectivity index (χ4n) is 2.71. The van der Waals surface area contributed by atoms with E-state index in [0.29, 0.717) is 0 Å². The summed E-state index contributed by atoms with van der Waals surface area (Å²) in [5, 5.41) is 3.17. The number of ether oxygens (including phenoxy) is 1. The van der Waals surface area contributed by atoms with Crippen molar-refractivity contribution in [1.29, 1.82) is 0 Å². The van der Waals surface area contributed by atoms with E-state index in [-0.39, 0.29) is 11.9 Å². The average Bonchev–Trinajstić information content (AvgIpc) is 3.05. The Labute approximate surface area is 135 Å². The molecular formula is C18H20FNOS. The average molecular weight is 317 g/mol. The fraction of sp³-hybridized carbons (Fsp3) is 0.333. The van der Waals surface area contributed by atoms with Crippen LogP contribution in [0.4, 0.5) is 4.39 Å². The Kier molecular flexibility index (Phi) is 5.01. The summed E-state index contributed by atoms with van der Waals surface area (Å²) in [6, 6.07) is 13.5. The number of halogens is 1. The van der Waals surface area contributed by atoms with Gasteiger partial charge in [-0.3, -0.25) is 0 Å². The van der Waals surface area contributed by atoms with Crippen molar-refractivity contribution in [1.82, 2.24) is 5.32 Å². The molecule has 4 heteroatoms. The minimum Gasteiger partial charge on any atom is -0.485 e. The first kappa shape index (κ1) is 15.4. The largest absolute Gasteiger partial charge is 0.485 e. The number of thioether (sulfide) groups is 1. The Bertz CT molecular complexity index is 632. The highest BCUT2D eigenvalue weighted by Gasteiger charge is 2.23. The van der Waals surface area contributed by atoms with Gasteiger partial charge in [-0.2, -0.15) is 0 Å². The van der Waals surface area contributed by atoms with E-state index in [1.165, 1.54) is 6.07 Å². The van der Waals surface area contributed by atoms with E-state index in [0.717, 1.165) is 46.9 Å². The second kappa shape index (κ2) is 7.16. The summed E-state index contributed by atoms with van der Waals surface area (Å²) >= 11 is 1.69. The van der Waals surface area contributed by atoms with Crippen LogP contribution in [0.1, 0.15) is 23.7 Å². The maximum Gasteiger partial charge on any atom is 0.134 e. The van der Waals surface area contributed by atoms with Gasteiger partial charge in [0, 0.05) is 17.7 Å². The molecule has 1 aliphatic heterocycles. The second-order valence-corrected chi connectivity index (χ2v) is 6.47. The Morgan fingerprint density at radius 2 is 2.05 bits per heavy atom. The smallest absolute Gasteiger partial charge is 0.134 e. The highest BCUT2D eigenvalue weighted by molar-refractivity contribution is 7.99. The molecular weight excluding hydrogens is 297 g/mol. The van der Waals surface area contributed by atoms with Crippen LogP contribution in [-0.4, -0.2) is 19.3 Å². The van der Waals surface area contributed by atoms with Crippen LogP contribution in [0.15, 0.2) is 47.4 Å². The maximum atomic E-state index is 13.9. The van der Waals surface area contributed by atoms with Gasteiger partial charge >= 0.3 is 0 Å². The van der Waals surface area contributed by atoms with Crippen LogP contribution in [0.2, 0.25) is 0 Å². The third-order valence-electron chi connectivity index (χ3n) is 3.86. The zero-order valence-corrected chi connectivity index (χ0v) is 13.5. The molecule has 2 aromatic rings. The summed E-state index contributed by atoms with van der Waals surface area (Å²) in [4.78, 5) is 0.977. The summed E-state index contributed by atoms with van der Waals surface area (Å²) in [7, 11) is 1.94. The van der Waals surface area contributed by atoms with E-state index >= 15 is 0 Å². The topological polar surface area (TPSA) is 21.3 Å². The number of benzene rings is 2. The molecule has 0 saturated heterocycles. The molecule has 1 aliphatic rings. The van der Waals surface area contributed by atoms with E-state index in [2.05, 4.69) is 17.4 Å². The predicted octanol–water partition coefficient (Wildman–Crippen LogP) is 4.20. The van der Waals surface area contributed by atoms with Gasteiger partial charge in [-0.25, -0.2) is 4.39 Å². The fourth-order valence-corrected chi connectivity index (χ4v) is 3.85. The molecule has 116 valence electrons. The highest BCUT2D eigenvalue weighted by atomic mass is 32.2. The highest BCUT2D eigenvalue weighted by Crippen LogP contribution is 2.42. The summed E-state index contributed by atoms with van der Waals surface area (Å²) < 4.78 is 20.1. The summed E-state index contributed by atoms with van der Waals surface area (Å²) in [5.41, 5.74) is 1.96. The Hall–Kier alpha value is -1.52. The molecule has 0 radical (unpaired) electrons. The number of rotatable bonds is 6. The summed E-state index contributed by atoms with van der Waals surface area (Å²) in [6.45, 7) is 0.871. The number of fused-ring (bicyclic) bond motifs is 1. The SMILES string of the molecule is CNCC[C@H](Oc1ccc(F)c2c1SCC2)c1ccccc1. The van der Waals surface area contributed by atoms with Crippen LogP contribution in [-0.2, 0) is 6.42 Å². The van der Waals surface area contributed by atoms with Crippen molar-refractivity contribution in [3.05, 3.63) is 59.4 Å². The van der Waals surface area contributed by atoms with Crippen molar-refractivity contribution < 1.29 is 9.13 Å². The van der Waals surface area contributed by atoms with Gasteiger partial charge in [0.05, 0.1) is 4.90 Å². The molecule has 2 nitrogen and oxygen atoms in total. The van der Waals surface area contributed by atoms with Crippen molar-refractivity contribution >= 4 is 11.8 Å². The Balaban J connectivity index is 1.86. The minimum absolute atomic E-state index is 0.0237. The van der Waals surface area contributed by atoms with Crippen LogP contribution in [0.5, 0.6) is 5.75 Å². The quantitative estimate of drug-likeness (QED) is 0.862. The molecule has 22 heavy (non-hydrogen) atoms. The monoisotopic (exact) mass is 317 g/mol. The number of nitrogens with one attached hydrogen (secondary N) is 1. The number of hydrogen-bond acceptors (Lipinski definition) is 3. The molecule has 2 aromatic carbocycles. The summed E-state index contributed by atoms with van der Waals surface area (Å²) in [6.07, 6.45) is 1.64. The van der Waals surface area contributed by atoms with Gasteiger partial charge < -0.3 is 10.1 Å². The molecule has 0 aliphatic carbocycles. The molecule has 1 N–H and O–H groups in total. The second-order valence-electron chi connectivity index (χ2n) is 5.36. The van der Waals surface area contributed by atoms with Gasteiger partial charge in [0.25, 0.3) is 0 Å². The summed E-state index contributed by atoms with van der Waals surface area (Å²) in [5.74, 6) is 1.63. The maximum absolute atomic E-state index is 13.9. The zero-order valence-electron chi connectivity index (χ0n) is 12.6. The van der Waals surface area contributed by atoms with Gasteiger partial charge in [0.2, 0.25) is 0 Å². The first-order valence-electron chi connectivity index (χ1n) is 7.60. The molecule has 0 saturated carbocycles. The van der Waals surface area contributed by atoms with Crippen LogP contribution in [0, 0.1) is 5.82 Å².